The Kier molecular flexibility index (Phi) is 7.20. The van der Waals surface area contributed by atoms with Crippen LogP contribution in [0.2, 0.25) is 0 Å². The highest BCUT2D eigenvalue weighted by Gasteiger charge is 2.35. The molecule has 0 aliphatic heterocycles. The Morgan fingerprint density at radius 2 is 1.52 bits per heavy atom. The molecule has 0 bridgehead atoms. The molecule has 0 saturated carbocycles. The van der Waals surface area contributed by atoms with Gasteiger partial charge in [0.25, 0.3) is 5.56 Å². The summed E-state index contributed by atoms with van der Waals surface area (Å²) in [6.07, 6.45) is -1.05. The van der Waals surface area contributed by atoms with E-state index in [1.807, 2.05) is 13.8 Å². The number of ether oxygens (including phenoxy) is 2. The van der Waals surface area contributed by atoms with Gasteiger partial charge in [0, 0.05) is 23.4 Å². The largest absolute Gasteiger partial charge is 0.497 e. The number of benzene rings is 2. The van der Waals surface area contributed by atoms with Crippen molar-refractivity contribution in [1.29, 1.82) is 0 Å². The number of nitrogens with zero attached hydrogens (tertiary/aromatic N) is 1. The van der Waals surface area contributed by atoms with Crippen LogP contribution >= 0.6 is 0 Å². The van der Waals surface area contributed by atoms with Gasteiger partial charge in [0.2, 0.25) is 0 Å². The fourth-order valence-electron chi connectivity index (χ4n) is 4.16. The van der Waals surface area contributed by atoms with E-state index in [0.29, 0.717) is 41.0 Å². The number of aryl methyl sites for hydroxylation is 1. The van der Waals surface area contributed by atoms with E-state index in [1.54, 1.807) is 25.1 Å². The SMILES string of the molecule is CC.COc1cc(OC)cc(-c2cn(-c3cc(C)ccc3C(F)(F)F)c(=O)c3c2CCC3)c1. The lowest BCUT2D eigenvalue weighted by Crippen LogP contribution is -2.25. The Morgan fingerprint density at radius 3 is 2.09 bits per heavy atom. The summed E-state index contributed by atoms with van der Waals surface area (Å²) in [5.41, 5.74) is 2.10. The van der Waals surface area contributed by atoms with E-state index in [1.165, 1.54) is 32.5 Å². The van der Waals surface area contributed by atoms with Crippen molar-refractivity contribution in [3.05, 3.63) is 75.2 Å². The van der Waals surface area contributed by atoms with Crippen LogP contribution in [0.3, 0.4) is 0 Å². The van der Waals surface area contributed by atoms with E-state index in [2.05, 4.69) is 0 Å². The smallest absolute Gasteiger partial charge is 0.418 e. The number of halogens is 3. The molecule has 1 aliphatic rings. The highest BCUT2D eigenvalue weighted by atomic mass is 19.4. The summed E-state index contributed by atoms with van der Waals surface area (Å²) in [7, 11) is 3.07. The zero-order valence-electron chi connectivity index (χ0n) is 19.5. The summed E-state index contributed by atoms with van der Waals surface area (Å²) in [6, 6.07) is 9.15. The van der Waals surface area contributed by atoms with Gasteiger partial charge in [0.05, 0.1) is 25.5 Å². The number of hydrogen-bond donors (Lipinski definition) is 0. The summed E-state index contributed by atoms with van der Waals surface area (Å²) < 4.78 is 53.1. The summed E-state index contributed by atoms with van der Waals surface area (Å²) in [6.45, 7) is 5.70. The van der Waals surface area contributed by atoms with E-state index in [9.17, 15) is 18.0 Å². The highest BCUT2D eigenvalue weighted by Crippen LogP contribution is 2.38. The molecule has 2 aromatic carbocycles. The van der Waals surface area contributed by atoms with Gasteiger partial charge in [-0.15, -0.1) is 0 Å². The molecule has 0 atom stereocenters. The van der Waals surface area contributed by atoms with Crippen LogP contribution in [-0.2, 0) is 19.0 Å². The van der Waals surface area contributed by atoms with Crippen LogP contribution in [0.25, 0.3) is 16.8 Å². The van der Waals surface area contributed by atoms with E-state index in [4.69, 9.17) is 9.47 Å². The third-order valence-corrected chi connectivity index (χ3v) is 5.66. The minimum Gasteiger partial charge on any atom is -0.497 e. The Bertz CT molecular complexity index is 1190. The van der Waals surface area contributed by atoms with Crippen LogP contribution < -0.4 is 15.0 Å². The molecule has 0 spiro atoms. The van der Waals surface area contributed by atoms with Gasteiger partial charge < -0.3 is 9.47 Å². The van der Waals surface area contributed by atoms with Gasteiger partial charge >= 0.3 is 6.18 Å². The quantitative estimate of drug-likeness (QED) is 0.456. The van der Waals surface area contributed by atoms with Crippen molar-refractivity contribution in [3.63, 3.8) is 0 Å². The summed E-state index contributed by atoms with van der Waals surface area (Å²) >= 11 is 0. The van der Waals surface area contributed by atoms with Crippen LogP contribution in [0.15, 0.2) is 47.4 Å². The van der Waals surface area contributed by atoms with Crippen molar-refractivity contribution in [2.45, 2.75) is 46.2 Å². The molecule has 0 amide bonds. The van der Waals surface area contributed by atoms with Crippen molar-refractivity contribution >= 4 is 0 Å². The number of rotatable bonds is 4. The van der Waals surface area contributed by atoms with Crippen molar-refractivity contribution < 1.29 is 22.6 Å². The van der Waals surface area contributed by atoms with Crippen LogP contribution in [0, 0.1) is 6.92 Å². The first-order valence-corrected chi connectivity index (χ1v) is 10.9. The fraction of sp³-hybridized carbons (Fsp3) is 0.346. The fourth-order valence-corrected chi connectivity index (χ4v) is 4.16. The van der Waals surface area contributed by atoms with Gasteiger partial charge in [-0.1, -0.05) is 19.9 Å². The predicted octanol–water partition coefficient (Wildman–Crippen LogP) is 6.36. The molecule has 1 heterocycles. The van der Waals surface area contributed by atoms with Gasteiger partial charge in [0.1, 0.15) is 11.5 Å². The maximum Gasteiger partial charge on any atom is 0.418 e. The zero-order chi connectivity index (χ0) is 24.3. The second-order valence-electron chi connectivity index (χ2n) is 7.65. The van der Waals surface area contributed by atoms with Gasteiger partial charge in [-0.3, -0.25) is 9.36 Å². The van der Waals surface area contributed by atoms with Crippen LogP contribution in [0.1, 0.15) is 42.5 Å². The summed E-state index contributed by atoms with van der Waals surface area (Å²) in [4.78, 5) is 13.2. The van der Waals surface area contributed by atoms with Crippen molar-refractivity contribution in [2.75, 3.05) is 14.2 Å². The van der Waals surface area contributed by atoms with Gasteiger partial charge in [0.15, 0.2) is 0 Å². The Balaban J connectivity index is 0.00000149. The Morgan fingerprint density at radius 1 is 0.909 bits per heavy atom. The molecule has 1 aliphatic carbocycles. The van der Waals surface area contributed by atoms with Crippen LogP contribution in [0.4, 0.5) is 13.2 Å². The number of aromatic nitrogens is 1. The molecular formula is C26H28F3NO3. The van der Waals surface area contributed by atoms with E-state index in [0.717, 1.165) is 28.2 Å². The third-order valence-electron chi connectivity index (χ3n) is 5.66. The first-order chi connectivity index (χ1) is 15.7. The maximum absolute atomic E-state index is 13.7. The molecule has 7 heteroatoms. The first kappa shape index (κ1) is 24.4. The highest BCUT2D eigenvalue weighted by molar-refractivity contribution is 5.72. The molecule has 0 radical (unpaired) electrons. The van der Waals surface area contributed by atoms with E-state index >= 15 is 0 Å². The molecule has 176 valence electrons. The number of alkyl halides is 3. The lowest BCUT2D eigenvalue weighted by atomic mass is 9.98. The second-order valence-corrected chi connectivity index (χ2v) is 7.65. The van der Waals surface area contributed by atoms with Gasteiger partial charge in [-0.05, 0) is 67.1 Å². The van der Waals surface area contributed by atoms with E-state index in [-0.39, 0.29) is 5.69 Å². The van der Waals surface area contributed by atoms with E-state index < -0.39 is 17.3 Å². The van der Waals surface area contributed by atoms with Crippen molar-refractivity contribution in [3.8, 4) is 28.3 Å². The minimum atomic E-state index is -4.58. The monoisotopic (exact) mass is 459 g/mol. The van der Waals surface area contributed by atoms with Crippen LogP contribution in [0.5, 0.6) is 11.5 Å². The van der Waals surface area contributed by atoms with Gasteiger partial charge in [-0.25, -0.2) is 0 Å². The summed E-state index contributed by atoms with van der Waals surface area (Å²) in [5.74, 6) is 1.12. The first-order valence-electron chi connectivity index (χ1n) is 10.9. The molecule has 3 aromatic rings. The standard InChI is InChI=1S/C24H22F3NO3.C2H6/c1-14-7-8-21(24(25,26)27)22(9-14)28-13-20(18-5-4-6-19(18)23(28)29)15-10-16(30-2)12-17(11-15)31-3;1-2/h7-13H,4-6H2,1-3H3;1-2H3. The van der Waals surface area contributed by atoms with Crippen molar-refractivity contribution in [2.24, 2.45) is 0 Å². The minimum absolute atomic E-state index is 0.164. The molecule has 0 N–H and O–H groups in total. The second kappa shape index (κ2) is 9.73. The number of pyridine rings is 1. The molecule has 1 aromatic heterocycles. The maximum atomic E-state index is 13.7. The third kappa shape index (κ3) is 4.77. The molecule has 33 heavy (non-hydrogen) atoms. The predicted molar refractivity (Wildman–Crippen MR) is 124 cm³/mol. The average Bonchev–Trinajstić information content (AvgIpc) is 3.30. The van der Waals surface area contributed by atoms with Crippen LogP contribution in [-0.4, -0.2) is 18.8 Å². The molecule has 0 saturated heterocycles. The molecule has 4 nitrogen and oxygen atoms in total. The number of fused-ring (bicyclic) bond motifs is 1. The number of hydrogen-bond acceptors (Lipinski definition) is 3. The normalized spacial score (nSPS) is 12.6. The lowest BCUT2D eigenvalue weighted by Gasteiger charge is -2.19. The molecular weight excluding hydrogens is 431 g/mol. The lowest BCUT2D eigenvalue weighted by molar-refractivity contribution is -0.137. The van der Waals surface area contributed by atoms with Gasteiger partial charge in [-0.2, -0.15) is 13.2 Å². The topological polar surface area (TPSA) is 40.5 Å². The average molecular weight is 460 g/mol. The van der Waals surface area contributed by atoms with Crippen molar-refractivity contribution in [1.82, 2.24) is 4.57 Å². The Hall–Kier alpha value is -3.22. The Labute approximate surface area is 191 Å². The molecule has 0 unspecified atom stereocenters. The molecule has 4 rings (SSSR count). The molecule has 0 fully saturated rings. The number of methoxy groups -OCH3 is 2. The zero-order valence-corrected chi connectivity index (χ0v) is 19.5. The summed E-state index contributed by atoms with van der Waals surface area (Å²) in [5, 5.41) is 0.